The number of aliphatic hydroxyl groups is 1. The van der Waals surface area contributed by atoms with E-state index in [9.17, 15) is 9.90 Å². The van der Waals surface area contributed by atoms with Gasteiger partial charge < -0.3 is 10.4 Å². The Morgan fingerprint density at radius 3 is 2.76 bits per heavy atom. The molecule has 0 unspecified atom stereocenters. The lowest BCUT2D eigenvalue weighted by Gasteiger charge is -2.26. The van der Waals surface area contributed by atoms with E-state index < -0.39 is 0 Å². The maximum atomic E-state index is 12.6. The van der Waals surface area contributed by atoms with Crippen molar-refractivity contribution in [2.24, 2.45) is 0 Å². The highest BCUT2D eigenvalue weighted by molar-refractivity contribution is 5.95. The van der Waals surface area contributed by atoms with Crippen LogP contribution < -0.4 is 5.32 Å². The first-order valence-electron chi connectivity index (χ1n) is 7.49. The molecular weight excluding hydrogens is 266 g/mol. The summed E-state index contributed by atoms with van der Waals surface area (Å²) in [7, 11) is 0. The van der Waals surface area contributed by atoms with Crippen LogP contribution in [0.5, 0.6) is 0 Å². The number of carbonyl (C=O) groups is 1. The third-order valence-corrected chi connectivity index (χ3v) is 4.27. The molecule has 0 saturated heterocycles. The van der Waals surface area contributed by atoms with Gasteiger partial charge in [-0.05, 0) is 51.2 Å². The quantitative estimate of drug-likeness (QED) is 0.887. The number of pyridine rings is 1. The van der Waals surface area contributed by atoms with E-state index >= 15 is 0 Å². The second-order valence-electron chi connectivity index (χ2n) is 5.91. The van der Waals surface area contributed by atoms with Gasteiger partial charge in [0.25, 0.3) is 5.91 Å². The van der Waals surface area contributed by atoms with Crippen molar-refractivity contribution in [3.05, 3.63) is 35.3 Å². The van der Waals surface area contributed by atoms with Crippen molar-refractivity contribution in [1.29, 1.82) is 0 Å². The van der Waals surface area contributed by atoms with Crippen molar-refractivity contribution >= 4 is 11.6 Å². The van der Waals surface area contributed by atoms with Gasteiger partial charge in [-0.15, -0.1) is 0 Å². The number of carbonyl (C=O) groups excluding carboxylic acids is 1. The first kappa shape index (κ1) is 14.1. The van der Waals surface area contributed by atoms with Gasteiger partial charge in [-0.25, -0.2) is 4.98 Å². The Balaban J connectivity index is 1.85. The molecule has 21 heavy (non-hydrogen) atoms. The Morgan fingerprint density at radius 2 is 2.05 bits per heavy atom. The molecule has 1 aliphatic carbocycles. The van der Waals surface area contributed by atoms with Crippen LogP contribution in [0.15, 0.2) is 18.3 Å². The summed E-state index contributed by atoms with van der Waals surface area (Å²) in [6.07, 6.45) is 4.86. The van der Waals surface area contributed by atoms with Gasteiger partial charge in [-0.3, -0.25) is 9.20 Å². The molecular formula is C16H21N3O2. The molecule has 1 aliphatic rings. The fourth-order valence-corrected chi connectivity index (χ4v) is 3.06. The number of hydrogen-bond donors (Lipinski definition) is 2. The van der Waals surface area contributed by atoms with Crippen molar-refractivity contribution in [1.82, 2.24) is 14.7 Å². The van der Waals surface area contributed by atoms with Gasteiger partial charge in [0, 0.05) is 12.2 Å². The number of fused-ring (bicyclic) bond motifs is 1. The SMILES string of the molecule is Cc1nc2c(C)cccn2c1C(=O)NC1CCC(O)CC1. The van der Waals surface area contributed by atoms with Gasteiger partial charge in [0.15, 0.2) is 0 Å². The average Bonchev–Trinajstić information content (AvgIpc) is 2.79. The summed E-state index contributed by atoms with van der Waals surface area (Å²) >= 11 is 0. The zero-order valence-corrected chi connectivity index (χ0v) is 12.5. The second kappa shape index (κ2) is 5.48. The van der Waals surface area contributed by atoms with Gasteiger partial charge in [0.2, 0.25) is 0 Å². The summed E-state index contributed by atoms with van der Waals surface area (Å²) in [5.41, 5.74) is 3.25. The van der Waals surface area contributed by atoms with E-state index in [1.807, 2.05) is 36.6 Å². The Labute approximate surface area is 124 Å². The van der Waals surface area contributed by atoms with Crippen molar-refractivity contribution in [3.63, 3.8) is 0 Å². The van der Waals surface area contributed by atoms with Crippen LogP contribution in [0.25, 0.3) is 5.65 Å². The summed E-state index contributed by atoms with van der Waals surface area (Å²) in [4.78, 5) is 17.1. The molecule has 0 radical (unpaired) electrons. The highest BCUT2D eigenvalue weighted by Crippen LogP contribution is 2.20. The lowest BCUT2D eigenvalue weighted by molar-refractivity contribution is 0.0862. The smallest absolute Gasteiger partial charge is 0.270 e. The molecule has 1 fully saturated rings. The van der Waals surface area contributed by atoms with Crippen LogP contribution in [0.2, 0.25) is 0 Å². The minimum absolute atomic E-state index is 0.0769. The molecule has 1 saturated carbocycles. The summed E-state index contributed by atoms with van der Waals surface area (Å²) < 4.78 is 1.86. The van der Waals surface area contributed by atoms with Gasteiger partial charge in [-0.2, -0.15) is 0 Å². The minimum atomic E-state index is -0.210. The number of hydrogen-bond acceptors (Lipinski definition) is 3. The van der Waals surface area contributed by atoms with E-state index in [0.717, 1.165) is 42.6 Å². The maximum Gasteiger partial charge on any atom is 0.270 e. The molecule has 2 N–H and O–H groups in total. The molecule has 2 aromatic rings. The zero-order chi connectivity index (χ0) is 15.0. The number of aromatic nitrogens is 2. The van der Waals surface area contributed by atoms with Gasteiger partial charge >= 0.3 is 0 Å². The van der Waals surface area contributed by atoms with Crippen LogP contribution in [0, 0.1) is 13.8 Å². The lowest BCUT2D eigenvalue weighted by atomic mass is 9.93. The average molecular weight is 287 g/mol. The standard InChI is InChI=1S/C16H21N3O2/c1-10-4-3-9-19-14(11(2)17-15(10)19)16(21)18-12-5-7-13(20)8-6-12/h3-4,9,12-13,20H,5-8H2,1-2H3,(H,18,21). The first-order valence-corrected chi connectivity index (χ1v) is 7.49. The third kappa shape index (κ3) is 2.65. The summed E-state index contributed by atoms with van der Waals surface area (Å²) in [6.45, 7) is 3.86. The number of nitrogens with zero attached hydrogens (tertiary/aromatic N) is 2. The number of nitrogens with one attached hydrogen (secondary N) is 1. The molecule has 0 aliphatic heterocycles. The predicted octanol–water partition coefficient (Wildman–Crippen LogP) is 1.98. The fraction of sp³-hybridized carbons (Fsp3) is 0.500. The first-order chi connectivity index (χ1) is 10.1. The van der Waals surface area contributed by atoms with Crippen LogP contribution in [-0.4, -0.2) is 32.5 Å². The summed E-state index contributed by atoms with van der Waals surface area (Å²) in [5, 5.41) is 12.6. The number of aryl methyl sites for hydroxylation is 2. The molecule has 0 atom stereocenters. The zero-order valence-electron chi connectivity index (χ0n) is 12.5. The van der Waals surface area contributed by atoms with E-state index in [-0.39, 0.29) is 18.1 Å². The Kier molecular flexibility index (Phi) is 3.68. The van der Waals surface area contributed by atoms with Crippen LogP contribution in [0.4, 0.5) is 0 Å². The van der Waals surface area contributed by atoms with E-state index in [1.165, 1.54) is 0 Å². The highest BCUT2D eigenvalue weighted by Gasteiger charge is 2.24. The molecule has 112 valence electrons. The number of rotatable bonds is 2. The molecule has 5 nitrogen and oxygen atoms in total. The van der Waals surface area contributed by atoms with Gasteiger partial charge in [0.05, 0.1) is 11.8 Å². The van der Waals surface area contributed by atoms with Gasteiger partial charge in [-0.1, -0.05) is 6.07 Å². The van der Waals surface area contributed by atoms with Crippen LogP contribution in [0.3, 0.4) is 0 Å². The Bertz CT molecular complexity index is 669. The van der Waals surface area contributed by atoms with E-state index in [1.54, 1.807) is 0 Å². The lowest BCUT2D eigenvalue weighted by Crippen LogP contribution is -2.39. The molecule has 0 spiro atoms. The Hall–Kier alpha value is -1.88. The maximum absolute atomic E-state index is 12.6. The number of amides is 1. The third-order valence-electron chi connectivity index (χ3n) is 4.27. The predicted molar refractivity (Wildman–Crippen MR) is 80.4 cm³/mol. The highest BCUT2D eigenvalue weighted by atomic mass is 16.3. The van der Waals surface area contributed by atoms with E-state index in [0.29, 0.717) is 5.69 Å². The largest absolute Gasteiger partial charge is 0.393 e. The molecule has 1 amide bonds. The van der Waals surface area contributed by atoms with Crippen molar-refractivity contribution in [2.75, 3.05) is 0 Å². The Morgan fingerprint density at radius 1 is 1.33 bits per heavy atom. The normalized spacial score (nSPS) is 22.4. The molecule has 3 rings (SSSR count). The summed E-state index contributed by atoms with van der Waals surface area (Å²) in [5.74, 6) is -0.0769. The molecule has 0 aromatic carbocycles. The van der Waals surface area contributed by atoms with E-state index in [4.69, 9.17) is 0 Å². The number of imidazole rings is 1. The van der Waals surface area contributed by atoms with Crippen LogP contribution in [0.1, 0.15) is 47.4 Å². The fourth-order valence-electron chi connectivity index (χ4n) is 3.06. The second-order valence-corrected chi connectivity index (χ2v) is 5.91. The summed E-state index contributed by atoms with van der Waals surface area (Å²) in [6, 6.07) is 4.07. The molecule has 0 bridgehead atoms. The van der Waals surface area contributed by atoms with Crippen molar-refractivity contribution in [2.45, 2.75) is 51.7 Å². The molecule has 2 aromatic heterocycles. The van der Waals surface area contributed by atoms with Crippen LogP contribution >= 0.6 is 0 Å². The monoisotopic (exact) mass is 287 g/mol. The van der Waals surface area contributed by atoms with Crippen LogP contribution in [-0.2, 0) is 0 Å². The van der Waals surface area contributed by atoms with Crippen molar-refractivity contribution in [3.8, 4) is 0 Å². The topological polar surface area (TPSA) is 66.6 Å². The molecule has 2 heterocycles. The van der Waals surface area contributed by atoms with E-state index in [2.05, 4.69) is 10.3 Å². The minimum Gasteiger partial charge on any atom is -0.393 e. The van der Waals surface area contributed by atoms with Crippen molar-refractivity contribution < 1.29 is 9.90 Å². The number of aliphatic hydroxyl groups excluding tert-OH is 1. The molecule has 5 heteroatoms. The van der Waals surface area contributed by atoms with Gasteiger partial charge in [0.1, 0.15) is 11.3 Å².